The Morgan fingerprint density at radius 2 is 1.50 bits per heavy atom. The zero-order valence-electron chi connectivity index (χ0n) is 14.3. The molecule has 0 N–H and O–H groups in total. The van der Waals surface area contributed by atoms with Crippen molar-refractivity contribution in [1.82, 2.24) is 0 Å². The highest BCUT2D eigenvalue weighted by Crippen LogP contribution is 2.32. The molecular formula is C17H26O5. The molecule has 0 aliphatic carbocycles. The van der Waals surface area contributed by atoms with Crippen LogP contribution in [0.25, 0.3) is 0 Å². The van der Waals surface area contributed by atoms with Gasteiger partial charge < -0.3 is 18.9 Å². The average molecular weight is 310 g/mol. The van der Waals surface area contributed by atoms with Crippen LogP contribution in [0.3, 0.4) is 0 Å². The van der Waals surface area contributed by atoms with Crippen LogP contribution in [0.4, 0.5) is 0 Å². The Morgan fingerprint density at radius 1 is 1.00 bits per heavy atom. The molecule has 1 aromatic carbocycles. The van der Waals surface area contributed by atoms with Crippen molar-refractivity contribution in [2.45, 2.75) is 46.0 Å². The maximum Gasteiger partial charge on any atom is 0.372 e. The molecule has 1 rings (SSSR count). The summed E-state index contributed by atoms with van der Waals surface area (Å²) < 4.78 is 22.0. The quantitative estimate of drug-likeness (QED) is 0.571. The molecular weight excluding hydrogens is 284 g/mol. The number of ether oxygens (including phenoxy) is 4. The monoisotopic (exact) mass is 310 g/mol. The van der Waals surface area contributed by atoms with Gasteiger partial charge in [-0.3, -0.25) is 0 Å². The van der Waals surface area contributed by atoms with E-state index in [9.17, 15) is 4.79 Å². The van der Waals surface area contributed by atoms with Crippen LogP contribution < -0.4 is 4.74 Å². The summed E-state index contributed by atoms with van der Waals surface area (Å²) in [6, 6.07) is 7.00. The molecule has 22 heavy (non-hydrogen) atoms. The average Bonchev–Trinajstić information content (AvgIpc) is 2.45. The van der Waals surface area contributed by atoms with Gasteiger partial charge in [-0.2, -0.15) is 0 Å². The van der Waals surface area contributed by atoms with E-state index in [4.69, 9.17) is 18.9 Å². The van der Waals surface area contributed by atoms with Crippen LogP contribution >= 0.6 is 0 Å². The Hall–Kier alpha value is -1.59. The van der Waals surface area contributed by atoms with Crippen LogP contribution in [-0.4, -0.2) is 31.9 Å². The first-order valence-electron chi connectivity index (χ1n) is 7.45. The molecule has 0 saturated heterocycles. The number of carbonyl (C=O) groups excluding carboxylic acids is 1. The number of hydrogen-bond acceptors (Lipinski definition) is 5. The van der Waals surface area contributed by atoms with Gasteiger partial charge in [-0.15, -0.1) is 0 Å². The summed E-state index contributed by atoms with van der Waals surface area (Å²) in [6.07, 6.45) is 0. The number of benzene rings is 1. The Morgan fingerprint density at radius 3 is 1.86 bits per heavy atom. The third kappa shape index (κ3) is 4.45. The number of rotatable bonds is 7. The summed E-state index contributed by atoms with van der Waals surface area (Å²) in [7, 11) is 1.58. The molecule has 0 unspecified atom stereocenters. The smallest absolute Gasteiger partial charge is 0.372 e. The summed E-state index contributed by atoms with van der Waals surface area (Å²) in [5.41, 5.74) is -0.0607. The van der Waals surface area contributed by atoms with Gasteiger partial charge in [-0.25, -0.2) is 4.79 Å². The van der Waals surface area contributed by atoms with E-state index in [0.29, 0.717) is 24.5 Å². The van der Waals surface area contributed by atoms with Gasteiger partial charge in [0.15, 0.2) is 0 Å². The Kier molecular flexibility index (Phi) is 6.38. The fraction of sp³-hybridized carbons (Fsp3) is 0.588. The molecule has 124 valence electrons. The predicted octanol–water partition coefficient (Wildman–Crippen LogP) is 3.26. The standard InChI is InChI=1S/C17H26O5/c1-7-20-17(21-8-2,15(18)22-16(3,4)5)13-9-11-14(19-6)12-10-13/h9-12H,7-8H2,1-6H3. The highest BCUT2D eigenvalue weighted by molar-refractivity contribution is 5.80. The van der Waals surface area contributed by atoms with E-state index in [1.54, 1.807) is 31.4 Å². The van der Waals surface area contributed by atoms with E-state index in [1.165, 1.54) is 0 Å². The van der Waals surface area contributed by atoms with E-state index < -0.39 is 17.4 Å². The Labute approximate surface area is 132 Å². The lowest BCUT2D eigenvalue weighted by atomic mass is 10.0. The van der Waals surface area contributed by atoms with E-state index in [-0.39, 0.29) is 0 Å². The highest BCUT2D eigenvalue weighted by atomic mass is 16.7. The Balaban J connectivity index is 3.26. The van der Waals surface area contributed by atoms with Gasteiger partial charge in [0.2, 0.25) is 0 Å². The molecule has 5 heteroatoms. The SMILES string of the molecule is CCOC(OCC)(C(=O)OC(C)(C)C)c1ccc(OC)cc1. The molecule has 0 saturated carbocycles. The fourth-order valence-corrected chi connectivity index (χ4v) is 2.01. The summed E-state index contributed by atoms with van der Waals surface area (Å²) in [5.74, 6) is -1.44. The summed E-state index contributed by atoms with van der Waals surface area (Å²) in [4.78, 5) is 12.7. The van der Waals surface area contributed by atoms with Crippen molar-refractivity contribution in [3.63, 3.8) is 0 Å². The normalized spacial score (nSPS) is 12.1. The molecule has 0 aliphatic rings. The molecule has 0 heterocycles. The van der Waals surface area contributed by atoms with Gasteiger partial charge in [0.1, 0.15) is 11.4 Å². The molecule has 0 amide bonds. The van der Waals surface area contributed by atoms with Crippen LogP contribution in [0.15, 0.2) is 24.3 Å². The topological polar surface area (TPSA) is 54.0 Å². The lowest BCUT2D eigenvalue weighted by molar-refractivity contribution is -0.259. The predicted molar refractivity (Wildman–Crippen MR) is 83.8 cm³/mol. The maximum atomic E-state index is 12.7. The second-order valence-corrected chi connectivity index (χ2v) is 5.71. The van der Waals surface area contributed by atoms with Gasteiger partial charge in [0, 0.05) is 18.8 Å². The van der Waals surface area contributed by atoms with E-state index >= 15 is 0 Å². The highest BCUT2D eigenvalue weighted by Gasteiger charge is 2.46. The molecule has 1 aromatic rings. The Bertz CT molecular complexity index is 467. The number of carbonyl (C=O) groups is 1. The van der Waals surface area contributed by atoms with Crippen LogP contribution in [0.5, 0.6) is 5.75 Å². The van der Waals surface area contributed by atoms with Crippen molar-refractivity contribution < 1.29 is 23.7 Å². The molecule has 0 aromatic heterocycles. The van der Waals surface area contributed by atoms with Crippen LogP contribution in [-0.2, 0) is 24.8 Å². The first-order valence-corrected chi connectivity index (χ1v) is 7.45. The van der Waals surface area contributed by atoms with Crippen LogP contribution in [0.1, 0.15) is 40.2 Å². The third-order valence-electron chi connectivity index (χ3n) is 2.83. The zero-order chi connectivity index (χ0) is 16.8. The van der Waals surface area contributed by atoms with Crippen LogP contribution in [0.2, 0.25) is 0 Å². The van der Waals surface area contributed by atoms with Crippen molar-refractivity contribution in [2.75, 3.05) is 20.3 Å². The molecule has 0 aliphatic heterocycles. The van der Waals surface area contributed by atoms with Crippen molar-refractivity contribution in [2.24, 2.45) is 0 Å². The summed E-state index contributed by atoms with van der Waals surface area (Å²) >= 11 is 0. The second-order valence-electron chi connectivity index (χ2n) is 5.71. The first-order chi connectivity index (χ1) is 10.3. The number of esters is 1. The second kappa shape index (κ2) is 7.61. The minimum atomic E-state index is -1.57. The summed E-state index contributed by atoms with van der Waals surface area (Å²) in [6.45, 7) is 9.66. The van der Waals surface area contributed by atoms with E-state index in [0.717, 1.165) is 0 Å². The van der Waals surface area contributed by atoms with E-state index in [1.807, 2.05) is 34.6 Å². The zero-order valence-corrected chi connectivity index (χ0v) is 14.3. The summed E-state index contributed by atoms with van der Waals surface area (Å²) in [5, 5.41) is 0. The molecule has 0 bridgehead atoms. The fourth-order valence-electron chi connectivity index (χ4n) is 2.01. The van der Waals surface area contributed by atoms with Crippen molar-refractivity contribution in [1.29, 1.82) is 0 Å². The van der Waals surface area contributed by atoms with E-state index in [2.05, 4.69) is 0 Å². The van der Waals surface area contributed by atoms with Crippen molar-refractivity contribution >= 4 is 5.97 Å². The lowest BCUT2D eigenvalue weighted by Gasteiger charge is -2.34. The van der Waals surface area contributed by atoms with Gasteiger partial charge >= 0.3 is 5.97 Å². The molecule has 5 nitrogen and oxygen atoms in total. The molecule has 0 fully saturated rings. The van der Waals surface area contributed by atoms with Gasteiger partial charge in [-0.1, -0.05) is 0 Å². The molecule has 0 spiro atoms. The van der Waals surface area contributed by atoms with Gasteiger partial charge in [0.05, 0.1) is 7.11 Å². The van der Waals surface area contributed by atoms with Crippen LogP contribution in [0, 0.1) is 0 Å². The first kappa shape index (κ1) is 18.5. The lowest BCUT2D eigenvalue weighted by Crippen LogP contribution is -2.45. The third-order valence-corrected chi connectivity index (χ3v) is 2.83. The maximum absolute atomic E-state index is 12.7. The van der Waals surface area contributed by atoms with Gasteiger partial charge in [0.25, 0.3) is 5.79 Å². The van der Waals surface area contributed by atoms with Crippen molar-refractivity contribution in [3.05, 3.63) is 29.8 Å². The minimum Gasteiger partial charge on any atom is -0.497 e. The van der Waals surface area contributed by atoms with Gasteiger partial charge in [-0.05, 0) is 58.9 Å². The number of hydrogen-bond donors (Lipinski definition) is 0. The molecule has 0 atom stereocenters. The minimum absolute atomic E-state index is 0.311. The number of methoxy groups -OCH3 is 1. The largest absolute Gasteiger partial charge is 0.497 e. The van der Waals surface area contributed by atoms with Crippen molar-refractivity contribution in [3.8, 4) is 5.75 Å². The molecule has 0 radical (unpaired) electrons.